The summed E-state index contributed by atoms with van der Waals surface area (Å²) in [5.74, 6) is 1.57. The minimum atomic E-state index is 0.587. The predicted octanol–water partition coefficient (Wildman–Crippen LogP) is 0.632. The van der Waals surface area contributed by atoms with Crippen LogP contribution < -0.4 is 5.32 Å². The first-order valence-corrected chi connectivity index (χ1v) is 4.85. The largest absolute Gasteiger partial charge is 0.367 e. The number of nitrogens with one attached hydrogen (secondary N) is 1. The Morgan fingerprint density at radius 3 is 2.93 bits per heavy atom. The number of hydrogen-bond acceptors (Lipinski definition) is 5. The van der Waals surface area contributed by atoms with Crippen molar-refractivity contribution in [3.63, 3.8) is 0 Å². The van der Waals surface area contributed by atoms with Crippen molar-refractivity contribution in [3.05, 3.63) is 25.0 Å². The smallest absolute Gasteiger partial charge is 0.160 e. The summed E-state index contributed by atoms with van der Waals surface area (Å²) in [6, 6.07) is 2.45. The molecular weight excluding hydrogens is 192 g/mol. The highest BCUT2D eigenvalue weighted by molar-refractivity contribution is 5.41. The lowest BCUT2D eigenvalue weighted by Gasteiger charge is -2.04. The third-order valence-electron chi connectivity index (χ3n) is 2.24. The van der Waals surface area contributed by atoms with E-state index < -0.39 is 0 Å². The molecule has 0 unspecified atom stereocenters. The minimum Gasteiger partial charge on any atom is -0.367 e. The summed E-state index contributed by atoms with van der Waals surface area (Å²) < 4.78 is 1.61. The van der Waals surface area contributed by atoms with Crippen LogP contribution in [0.15, 0.2) is 25.0 Å². The number of hydrogen-bond donors (Lipinski definition) is 1. The number of rotatable bonds is 3. The molecule has 1 N–H and O–H groups in total. The summed E-state index contributed by atoms with van der Waals surface area (Å²) in [7, 11) is 0. The second kappa shape index (κ2) is 3.30. The van der Waals surface area contributed by atoms with E-state index in [1.54, 1.807) is 11.0 Å². The fraction of sp³-hybridized carbons (Fsp3) is 0.333. The van der Waals surface area contributed by atoms with Crippen molar-refractivity contribution in [1.82, 2.24) is 24.7 Å². The van der Waals surface area contributed by atoms with Crippen molar-refractivity contribution in [3.8, 4) is 5.82 Å². The second-order valence-electron chi connectivity index (χ2n) is 3.52. The summed E-state index contributed by atoms with van der Waals surface area (Å²) in [5, 5.41) is 7.32. The molecule has 0 bridgehead atoms. The van der Waals surface area contributed by atoms with Gasteiger partial charge >= 0.3 is 0 Å². The van der Waals surface area contributed by atoms with Gasteiger partial charge in [-0.05, 0) is 12.8 Å². The molecule has 0 saturated heterocycles. The van der Waals surface area contributed by atoms with Gasteiger partial charge in [-0.2, -0.15) is 5.10 Å². The lowest BCUT2D eigenvalue weighted by atomic mass is 10.5. The number of nitrogens with zero attached hydrogens (tertiary/aromatic N) is 5. The van der Waals surface area contributed by atoms with Crippen LogP contribution in [0.4, 0.5) is 5.82 Å². The van der Waals surface area contributed by atoms with Crippen LogP contribution in [-0.4, -0.2) is 30.8 Å². The zero-order valence-corrected chi connectivity index (χ0v) is 8.04. The van der Waals surface area contributed by atoms with Crippen LogP contribution in [0, 0.1) is 0 Å². The van der Waals surface area contributed by atoms with Gasteiger partial charge in [-0.3, -0.25) is 0 Å². The molecule has 76 valence electrons. The highest BCUT2D eigenvalue weighted by atomic mass is 15.3. The van der Waals surface area contributed by atoms with E-state index in [4.69, 9.17) is 0 Å². The molecule has 0 aliphatic heterocycles. The van der Waals surface area contributed by atoms with Crippen LogP contribution in [0.1, 0.15) is 12.8 Å². The lowest BCUT2D eigenvalue weighted by molar-refractivity contribution is 0.837. The summed E-state index contributed by atoms with van der Waals surface area (Å²) in [4.78, 5) is 12.1. The monoisotopic (exact) mass is 202 g/mol. The molecule has 0 spiro atoms. The predicted molar refractivity (Wildman–Crippen MR) is 53.6 cm³/mol. The molecule has 0 radical (unpaired) electrons. The van der Waals surface area contributed by atoms with E-state index in [1.807, 2.05) is 6.07 Å². The first-order valence-electron chi connectivity index (χ1n) is 4.85. The van der Waals surface area contributed by atoms with E-state index in [1.165, 1.54) is 25.5 Å². The van der Waals surface area contributed by atoms with Crippen LogP contribution in [0.2, 0.25) is 0 Å². The van der Waals surface area contributed by atoms with E-state index in [0.717, 1.165) is 11.6 Å². The summed E-state index contributed by atoms with van der Waals surface area (Å²) in [6.07, 6.45) is 7.08. The van der Waals surface area contributed by atoms with Crippen molar-refractivity contribution in [2.45, 2.75) is 18.9 Å². The highest BCUT2D eigenvalue weighted by Gasteiger charge is 2.21. The van der Waals surface area contributed by atoms with Crippen LogP contribution >= 0.6 is 0 Å². The maximum Gasteiger partial charge on any atom is 0.160 e. The first-order chi connectivity index (χ1) is 7.42. The maximum atomic E-state index is 4.15. The van der Waals surface area contributed by atoms with Gasteiger partial charge in [0.1, 0.15) is 24.8 Å². The van der Waals surface area contributed by atoms with Crippen LogP contribution in [0.25, 0.3) is 5.82 Å². The lowest BCUT2D eigenvalue weighted by Crippen LogP contribution is -2.05. The molecular formula is C9H10N6. The summed E-state index contributed by atoms with van der Waals surface area (Å²) in [6.45, 7) is 0. The molecule has 6 heteroatoms. The van der Waals surface area contributed by atoms with Crippen LogP contribution in [0.5, 0.6) is 0 Å². The minimum absolute atomic E-state index is 0.587. The molecule has 1 fully saturated rings. The van der Waals surface area contributed by atoms with Gasteiger partial charge in [-0.1, -0.05) is 0 Å². The molecule has 1 saturated carbocycles. The topological polar surface area (TPSA) is 68.5 Å². The molecule has 2 heterocycles. The summed E-state index contributed by atoms with van der Waals surface area (Å²) >= 11 is 0. The van der Waals surface area contributed by atoms with Crippen molar-refractivity contribution >= 4 is 5.82 Å². The fourth-order valence-corrected chi connectivity index (χ4v) is 1.31. The zero-order valence-electron chi connectivity index (χ0n) is 8.04. The molecule has 3 rings (SSSR count). The van der Waals surface area contributed by atoms with Gasteiger partial charge in [-0.15, -0.1) is 0 Å². The molecule has 2 aromatic heterocycles. The first kappa shape index (κ1) is 8.34. The Balaban J connectivity index is 1.88. The molecule has 6 nitrogen and oxygen atoms in total. The summed E-state index contributed by atoms with van der Waals surface area (Å²) in [5.41, 5.74) is 0. The average molecular weight is 202 g/mol. The molecule has 1 aliphatic carbocycles. The van der Waals surface area contributed by atoms with Gasteiger partial charge in [0, 0.05) is 12.1 Å². The van der Waals surface area contributed by atoms with Crippen molar-refractivity contribution in [2.24, 2.45) is 0 Å². The Kier molecular flexibility index (Phi) is 1.84. The molecule has 0 amide bonds. The molecule has 0 aromatic carbocycles. The van der Waals surface area contributed by atoms with Crippen LogP contribution in [0.3, 0.4) is 0 Å². The average Bonchev–Trinajstić information content (AvgIpc) is 2.91. The van der Waals surface area contributed by atoms with Crippen molar-refractivity contribution in [2.75, 3.05) is 5.32 Å². The molecule has 1 aliphatic rings. The number of aromatic nitrogens is 5. The standard InChI is InChI=1S/C9H10N6/c1-2-7(1)14-8-3-9(12-5-11-8)15-6-10-4-13-15/h3-7H,1-2H2,(H,11,12,14). The van der Waals surface area contributed by atoms with Gasteiger partial charge < -0.3 is 5.32 Å². The molecule has 2 aromatic rings. The number of anilines is 1. The Morgan fingerprint density at radius 2 is 2.20 bits per heavy atom. The quantitative estimate of drug-likeness (QED) is 0.790. The molecule has 0 atom stereocenters. The van der Waals surface area contributed by atoms with Gasteiger partial charge in [0.05, 0.1) is 0 Å². The Morgan fingerprint density at radius 1 is 1.27 bits per heavy atom. The zero-order chi connectivity index (χ0) is 10.1. The van der Waals surface area contributed by atoms with E-state index in [0.29, 0.717) is 6.04 Å². The Labute approximate surface area is 86.4 Å². The third-order valence-corrected chi connectivity index (χ3v) is 2.24. The second-order valence-corrected chi connectivity index (χ2v) is 3.52. The normalized spacial score (nSPS) is 15.2. The maximum absolute atomic E-state index is 4.15. The Bertz CT molecular complexity index is 447. The molecule has 15 heavy (non-hydrogen) atoms. The van der Waals surface area contributed by atoms with Gasteiger partial charge in [0.25, 0.3) is 0 Å². The van der Waals surface area contributed by atoms with E-state index >= 15 is 0 Å². The highest BCUT2D eigenvalue weighted by Crippen LogP contribution is 2.23. The Hall–Kier alpha value is -1.98. The fourth-order valence-electron chi connectivity index (χ4n) is 1.31. The van der Waals surface area contributed by atoms with Gasteiger partial charge in [-0.25, -0.2) is 19.6 Å². The third kappa shape index (κ3) is 1.78. The van der Waals surface area contributed by atoms with Gasteiger partial charge in [0.15, 0.2) is 5.82 Å². The van der Waals surface area contributed by atoms with Crippen molar-refractivity contribution in [1.29, 1.82) is 0 Å². The van der Waals surface area contributed by atoms with E-state index in [2.05, 4.69) is 25.4 Å². The van der Waals surface area contributed by atoms with Crippen molar-refractivity contribution < 1.29 is 0 Å². The SMILES string of the molecule is c1nc(NC2CC2)cc(-n2cncn2)n1. The van der Waals surface area contributed by atoms with Crippen LogP contribution in [-0.2, 0) is 0 Å². The van der Waals surface area contributed by atoms with Gasteiger partial charge in [0.2, 0.25) is 0 Å². The van der Waals surface area contributed by atoms with E-state index in [9.17, 15) is 0 Å². The van der Waals surface area contributed by atoms with E-state index in [-0.39, 0.29) is 0 Å².